The van der Waals surface area contributed by atoms with Crippen LogP contribution in [0.15, 0.2) is 24.3 Å². The molecule has 0 saturated carbocycles. The number of hydrogen-bond acceptors (Lipinski definition) is 5. The quantitative estimate of drug-likeness (QED) is 0.589. The molecular weight excluding hydrogens is 465 g/mol. The Morgan fingerprint density at radius 3 is 2.64 bits per heavy atom. The predicted molar refractivity (Wildman–Crippen MR) is 130 cm³/mol. The first kappa shape index (κ1) is 26.0. The van der Waals surface area contributed by atoms with Gasteiger partial charge in [-0.1, -0.05) is 43.1 Å². The molecule has 0 bridgehead atoms. The Morgan fingerprint density at radius 2 is 1.94 bits per heavy atom. The number of benzene rings is 1. The summed E-state index contributed by atoms with van der Waals surface area (Å²) in [6.45, 7) is 7.17. The number of piperidine rings is 1. The number of nitrogens with zero attached hydrogens (tertiary/aromatic N) is 3. The molecule has 2 aliphatic heterocycles. The van der Waals surface area contributed by atoms with E-state index in [1.54, 1.807) is 34.1 Å². The van der Waals surface area contributed by atoms with Crippen LogP contribution in [0.3, 0.4) is 0 Å². The lowest BCUT2D eigenvalue weighted by Crippen LogP contribution is -2.51. The van der Waals surface area contributed by atoms with Crippen molar-refractivity contribution < 1.29 is 19.8 Å². The van der Waals surface area contributed by atoms with Crippen LogP contribution < -0.4 is 0 Å². The van der Waals surface area contributed by atoms with Gasteiger partial charge < -0.3 is 20.0 Å². The normalized spacial score (nSPS) is 23.1. The highest BCUT2D eigenvalue weighted by atomic mass is 35.5. The molecular formula is C24H33Cl2N3O4. The summed E-state index contributed by atoms with van der Waals surface area (Å²) < 4.78 is 0. The lowest BCUT2D eigenvalue weighted by molar-refractivity contribution is -0.132. The van der Waals surface area contributed by atoms with Crippen molar-refractivity contribution in [3.05, 3.63) is 39.9 Å². The highest BCUT2D eigenvalue weighted by Crippen LogP contribution is 2.30. The molecule has 2 atom stereocenters. The molecule has 2 aliphatic rings. The molecule has 2 saturated heterocycles. The van der Waals surface area contributed by atoms with Gasteiger partial charge in [0.1, 0.15) is 0 Å². The van der Waals surface area contributed by atoms with Crippen molar-refractivity contribution in [2.75, 3.05) is 45.8 Å². The summed E-state index contributed by atoms with van der Waals surface area (Å²) in [6, 6.07) is 5.13. The number of rotatable bonds is 6. The predicted octanol–water partition coefficient (Wildman–Crippen LogP) is 2.52. The molecule has 2 amide bonds. The van der Waals surface area contributed by atoms with E-state index < -0.39 is 12.2 Å². The molecule has 3 rings (SSSR count). The van der Waals surface area contributed by atoms with E-state index in [4.69, 9.17) is 23.2 Å². The van der Waals surface area contributed by atoms with Gasteiger partial charge in [-0.2, -0.15) is 0 Å². The molecule has 1 aromatic rings. The van der Waals surface area contributed by atoms with Gasteiger partial charge in [0.05, 0.1) is 22.3 Å². The minimum absolute atomic E-state index is 0.0716. The first-order valence-electron chi connectivity index (χ1n) is 11.3. The van der Waals surface area contributed by atoms with Crippen molar-refractivity contribution in [2.45, 2.75) is 38.9 Å². The van der Waals surface area contributed by atoms with E-state index in [-0.39, 0.29) is 30.2 Å². The Bertz CT molecular complexity index is 892. The van der Waals surface area contributed by atoms with Gasteiger partial charge in [0.25, 0.3) is 0 Å². The highest BCUT2D eigenvalue weighted by Gasteiger charge is 2.35. The molecule has 2 heterocycles. The number of β-amino-alcohol motifs (C(OH)–C–C–N with tert-alkyl or cyclic N) is 2. The van der Waals surface area contributed by atoms with Crippen molar-refractivity contribution in [3.63, 3.8) is 0 Å². The van der Waals surface area contributed by atoms with Gasteiger partial charge in [-0.15, -0.1) is 0 Å². The average molecular weight is 498 g/mol. The Hall–Kier alpha value is -1.64. The van der Waals surface area contributed by atoms with Crippen LogP contribution in [0.5, 0.6) is 0 Å². The fraction of sp³-hybridized carbons (Fsp3) is 0.583. The first-order valence-corrected chi connectivity index (χ1v) is 12.1. The van der Waals surface area contributed by atoms with Gasteiger partial charge in [-0.25, -0.2) is 0 Å². The summed E-state index contributed by atoms with van der Waals surface area (Å²) >= 11 is 11.9. The van der Waals surface area contributed by atoms with E-state index in [9.17, 15) is 19.8 Å². The van der Waals surface area contributed by atoms with Gasteiger partial charge in [0.2, 0.25) is 11.8 Å². The van der Waals surface area contributed by atoms with Crippen molar-refractivity contribution >= 4 is 41.1 Å². The maximum atomic E-state index is 12.6. The summed E-state index contributed by atoms with van der Waals surface area (Å²) in [5.74, 6) is -0.251. The number of carbonyl (C=O) groups is 2. The fourth-order valence-electron chi connectivity index (χ4n) is 4.14. The molecule has 0 spiro atoms. The highest BCUT2D eigenvalue weighted by molar-refractivity contribution is 6.42. The van der Waals surface area contributed by atoms with E-state index in [0.717, 1.165) is 18.5 Å². The Kier molecular flexibility index (Phi) is 8.81. The number of amides is 2. The number of aliphatic hydroxyl groups excluding tert-OH is 2. The van der Waals surface area contributed by atoms with E-state index in [1.165, 1.54) is 6.08 Å². The monoisotopic (exact) mass is 497 g/mol. The van der Waals surface area contributed by atoms with Crippen LogP contribution in [0.1, 0.15) is 32.3 Å². The fourth-order valence-corrected chi connectivity index (χ4v) is 4.45. The second-order valence-corrected chi connectivity index (χ2v) is 10.4. The van der Waals surface area contributed by atoms with E-state index in [2.05, 4.69) is 0 Å². The van der Waals surface area contributed by atoms with Crippen molar-refractivity contribution in [3.8, 4) is 0 Å². The molecule has 182 valence electrons. The van der Waals surface area contributed by atoms with Crippen LogP contribution in [-0.4, -0.2) is 94.7 Å². The first-order chi connectivity index (χ1) is 15.5. The molecule has 1 unspecified atom stereocenters. The van der Waals surface area contributed by atoms with Gasteiger partial charge >= 0.3 is 0 Å². The molecule has 0 radical (unpaired) electrons. The molecule has 0 aliphatic carbocycles. The molecule has 9 heteroatoms. The molecule has 33 heavy (non-hydrogen) atoms. The number of likely N-dealkylation sites (tertiary alicyclic amines) is 1. The molecule has 7 nitrogen and oxygen atoms in total. The van der Waals surface area contributed by atoms with Crippen molar-refractivity contribution in [1.29, 1.82) is 0 Å². The van der Waals surface area contributed by atoms with Gasteiger partial charge in [-0.05, 0) is 42.2 Å². The van der Waals surface area contributed by atoms with E-state index in [0.29, 0.717) is 42.8 Å². The average Bonchev–Trinajstić information content (AvgIpc) is 2.93. The van der Waals surface area contributed by atoms with Crippen LogP contribution >= 0.6 is 23.2 Å². The number of hydrogen-bond donors (Lipinski definition) is 2. The number of carbonyl (C=O) groups excluding carboxylic acids is 2. The minimum Gasteiger partial charge on any atom is -0.391 e. The van der Waals surface area contributed by atoms with Crippen LogP contribution in [0.25, 0.3) is 6.08 Å². The number of halogens is 2. The van der Waals surface area contributed by atoms with E-state index >= 15 is 0 Å². The lowest BCUT2D eigenvalue weighted by Gasteiger charge is -2.42. The van der Waals surface area contributed by atoms with Crippen LogP contribution in [0.2, 0.25) is 10.0 Å². The SMILES string of the molecule is CC1(C)CCN(CC(O)CN2CCN(C(=O)C=Cc3ccc(Cl)c(Cl)c3)CCC2=O)C[C@H]1O. The minimum atomic E-state index is -0.709. The molecule has 2 fully saturated rings. The van der Waals surface area contributed by atoms with Gasteiger partial charge in [0, 0.05) is 51.8 Å². The van der Waals surface area contributed by atoms with Gasteiger partial charge in [0.15, 0.2) is 0 Å². The van der Waals surface area contributed by atoms with Crippen LogP contribution in [-0.2, 0) is 9.59 Å². The van der Waals surface area contributed by atoms with Crippen molar-refractivity contribution in [1.82, 2.24) is 14.7 Å². The molecule has 2 N–H and O–H groups in total. The standard InChI is InChI=1S/C24H33Cl2N3O4/c1-24(2)8-10-27(16-21(24)31)14-18(30)15-29-12-11-28(9-7-23(29)33)22(32)6-4-17-3-5-19(25)20(26)13-17/h3-6,13,18,21,30-31H,7-12,14-16H2,1-2H3/t18?,21-/m1/s1. The number of aliphatic hydroxyl groups is 2. The van der Waals surface area contributed by atoms with Crippen LogP contribution in [0.4, 0.5) is 0 Å². The van der Waals surface area contributed by atoms with Gasteiger partial charge in [-0.3, -0.25) is 14.5 Å². The molecule has 1 aromatic carbocycles. The topological polar surface area (TPSA) is 84.3 Å². The van der Waals surface area contributed by atoms with Crippen LogP contribution in [0, 0.1) is 5.41 Å². The van der Waals surface area contributed by atoms with E-state index in [1.807, 2.05) is 18.7 Å². The summed E-state index contributed by atoms with van der Waals surface area (Å²) in [7, 11) is 0. The van der Waals surface area contributed by atoms with Crippen molar-refractivity contribution in [2.24, 2.45) is 5.41 Å². The summed E-state index contributed by atoms with van der Waals surface area (Å²) in [5.41, 5.74) is 0.645. The third-order valence-electron chi connectivity index (χ3n) is 6.57. The maximum absolute atomic E-state index is 12.6. The largest absolute Gasteiger partial charge is 0.391 e. The Balaban J connectivity index is 1.50. The zero-order valence-electron chi connectivity index (χ0n) is 19.2. The zero-order valence-corrected chi connectivity index (χ0v) is 20.7. The summed E-state index contributed by atoms with van der Waals surface area (Å²) in [6.07, 6.45) is 3.07. The second-order valence-electron chi connectivity index (χ2n) is 9.59. The second kappa shape index (κ2) is 11.2. The Morgan fingerprint density at radius 1 is 1.18 bits per heavy atom. The molecule has 0 aromatic heterocycles. The summed E-state index contributed by atoms with van der Waals surface area (Å²) in [4.78, 5) is 30.5. The third-order valence-corrected chi connectivity index (χ3v) is 7.31. The Labute approximate surface area is 205 Å². The maximum Gasteiger partial charge on any atom is 0.246 e. The zero-order chi connectivity index (χ0) is 24.2. The smallest absolute Gasteiger partial charge is 0.246 e. The third kappa shape index (κ3) is 7.17. The lowest BCUT2D eigenvalue weighted by atomic mass is 9.80. The summed E-state index contributed by atoms with van der Waals surface area (Å²) in [5, 5.41) is 21.8.